The zero-order valence-corrected chi connectivity index (χ0v) is 21.4. The van der Waals surface area contributed by atoms with E-state index in [0.29, 0.717) is 43.0 Å². The van der Waals surface area contributed by atoms with Crippen molar-refractivity contribution in [2.45, 2.75) is 69.2 Å². The Balaban J connectivity index is 1.59. The third-order valence-corrected chi connectivity index (χ3v) is 9.17. The Kier molecular flexibility index (Phi) is 6.74. The summed E-state index contributed by atoms with van der Waals surface area (Å²) in [5, 5.41) is -0.446. The number of aryl methyl sites for hydroxylation is 1. The first kappa shape index (κ1) is 25.7. The number of hydrogen-bond donors (Lipinski definition) is 1. The van der Waals surface area contributed by atoms with E-state index >= 15 is 4.39 Å². The molecule has 1 heterocycles. The highest BCUT2D eigenvalue weighted by Crippen LogP contribution is 2.36. The monoisotopic (exact) mass is 531 g/mol. The van der Waals surface area contributed by atoms with E-state index in [-0.39, 0.29) is 34.7 Å². The largest absolute Gasteiger partial charge is 0.296 e. The number of hydrogen-bond acceptors (Lipinski definition) is 4. The topological polar surface area (TPSA) is 81.1 Å². The molecule has 0 spiro atoms. The highest BCUT2D eigenvalue weighted by molar-refractivity contribution is 7.90. The molecule has 1 fully saturated rings. The van der Waals surface area contributed by atoms with Gasteiger partial charge in [0, 0.05) is 35.2 Å². The van der Waals surface area contributed by atoms with Gasteiger partial charge < -0.3 is 0 Å². The minimum atomic E-state index is -3.58. The van der Waals surface area contributed by atoms with Crippen molar-refractivity contribution in [3.63, 3.8) is 0 Å². The first-order valence-corrected chi connectivity index (χ1v) is 13.9. The smallest absolute Gasteiger partial charge is 0.257 e. The lowest BCUT2D eigenvalue weighted by molar-refractivity contribution is 0.408. The lowest BCUT2D eigenvalue weighted by Crippen LogP contribution is -2.47. The van der Waals surface area contributed by atoms with Crippen LogP contribution in [0.25, 0.3) is 11.1 Å². The predicted molar refractivity (Wildman–Crippen MR) is 134 cm³/mol. The van der Waals surface area contributed by atoms with Crippen LogP contribution in [-0.4, -0.2) is 29.3 Å². The summed E-state index contributed by atoms with van der Waals surface area (Å²) in [6.45, 7) is 3.70. The summed E-state index contributed by atoms with van der Waals surface area (Å²) in [6, 6.07) is 6.60. The number of halogens is 3. The first-order valence-electron chi connectivity index (χ1n) is 12.4. The number of nitrogens with one attached hydrogen (secondary N) is 1. The van der Waals surface area contributed by atoms with Crippen molar-refractivity contribution in [3.8, 4) is 11.1 Å². The van der Waals surface area contributed by atoms with Crippen molar-refractivity contribution in [3.05, 3.63) is 87.4 Å². The van der Waals surface area contributed by atoms with Crippen LogP contribution in [0.2, 0.25) is 0 Å². The molecule has 0 unspecified atom stereocenters. The van der Waals surface area contributed by atoms with E-state index in [2.05, 4.69) is 9.71 Å². The Morgan fingerprint density at radius 2 is 1.78 bits per heavy atom. The van der Waals surface area contributed by atoms with Crippen molar-refractivity contribution in [1.29, 1.82) is 0 Å². The summed E-state index contributed by atoms with van der Waals surface area (Å²) >= 11 is 0. The van der Waals surface area contributed by atoms with E-state index < -0.39 is 44.7 Å². The summed E-state index contributed by atoms with van der Waals surface area (Å²) in [7, 11) is -3.58. The standard InChI is InChI=1S/C27H28F3N3O3S/c1-15(2)33-14-31-24-9-8-23(32-37(35,36)20-6-7-20)22(25(24)27(33)34)12-16-4-3-5-21(26(16)30)17-10-18(28)13-19(29)11-17/h3-5,10-11,13-15,20,22-23,32H,6-9,12H2,1-2H3/t22-,23-/m0/s1. The molecule has 2 aliphatic carbocycles. The molecule has 2 atom stereocenters. The first-order chi connectivity index (χ1) is 17.5. The summed E-state index contributed by atoms with van der Waals surface area (Å²) in [5.41, 5.74) is 0.979. The van der Waals surface area contributed by atoms with Gasteiger partial charge in [-0.3, -0.25) is 9.36 Å². The Hall–Kier alpha value is -2.98. The molecule has 0 saturated heterocycles. The Morgan fingerprint density at radius 1 is 1.08 bits per heavy atom. The van der Waals surface area contributed by atoms with Crippen LogP contribution in [0, 0.1) is 17.5 Å². The van der Waals surface area contributed by atoms with Crippen LogP contribution in [0.1, 0.15) is 61.9 Å². The molecule has 0 aliphatic heterocycles. The van der Waals surface area contributed by atoms with Gasteiger partial charge in [0.2, 0.25) is 10.0 Å². The van der Waals surface area contributed by atoms with Crippen LogP contribution in [0.4, 0.5) is 13.2 Å². The molecule has 2 aromatic carbocycles. The fourth-order valence-corrected chi connectivity index (χ4v) is 6.78. The third-order valence-electron chi connectivity index (χ3n) is 7.19. The van der Waals surface area contributed by atoms with Crippen molar-refractivity contribution in [1.82, 2.24) is 14.3 Å². The van der Waals surface area contributed by atoms with Crippen molar-refractivity contribution >= 4 is 10.0 Å². The van der Waals surface area contributed by atoms with E-state index in [0.717, 1.165) is 12.1 Å². The number of aromatic nitrogens is 2. The lowest BCUT2D eigenvalue weighted by atomic mass is 9.78. The van der Waals surface area contributed by atoms with Gasteiger partial charge in [-0.25, -0.2) is 31.3 Å². The zero-order chi connectivity index (χ0) is 26.5. The normalized spacial score (nSPS) is 19.7. The maximum absolute atomic E-state index is 15.8. The molecule has 37 heavy (non-hydrogen) atoms. The highest BCUT2D eigenvalue weighted by atomic mass is 32.2. The van der Waals surface area contributed by atoms with E-state index in [1.807, 2.05) is 13.8 Å². The van der Waals surface area contributed by atoms with Crippen molar-refractivity contribution < 1.29 is 21.6 Å². The van der Waals surface area contributed by atoms with Crippen molar-refractivity contribution in [2.75, 3.05) is 0 Å². The second-order valence-electron chi connectivity index (χ2n) is 10.2. The minimum Gasteiger partial charge on any atom is -0.296 e. The maximum atomic E-state index is 15.8. The highest BCUT2D eigenvalue weighted by Gasteiger charge is 2.41. The van der Waals surface area contributed by atoms with Gasteiger partial charge in [0.15, 0.2) is 0 Å². The molecule has 1 aromatic heterocycles. The molecule has 6 nitrogen and oxygen atoms in total. The van der Waals surface area contributed by atoms with Crippen LogP contribution < -0.4 is 10.3 Å². The SMILES string of the molecule is CC(C)n1cnc2c(c1=O)[C@@H](Cc1cccc(-c3cc(F)cc(F)c3)c1F)[C@@H](NS(=O)(=O)C1CC1)CC2. The number of nitrogens with zero attached hydrogens (tertiary/aromatic N) is 2. The predicted octanol–water partition coefficient (Wildman–Crippen LogP) is 4.63. The molecule has 0 bridgehead atoms. The Bertz CT molecular complexity index is 1500. The molecule has 0 radical (unpaired) electrons. The number of fused-ring (bicyclic) bond motifs is 1. The average molecular weight is 532 g/mol. The second kappa shape index (κ2) is 9.72. The average Bonchev–Trinajstić information content (AvgIpc) is 3.67. The van der Waals surface area contributed by atoms with Gasteiger partial charge >= 0.3 is 0 Å². The number of sulfonamides is 1. The van der Waals surface area contributed by atoms with Crippen LogP contribution >= 0.6 is 0 Å². The molecule has 2 aliphatic rings. The summed E-state index contributed by atoms with van der Waals surface area (Å²) in [4.78, 5) is 18.0. The van der Waals surface area contributed by atoms with Gasteiger partial charge in [0.05, 0.1) is 17.3 Å². The fourth-order valence-electron chi connectivity index (χ4n) is 5.13. The number of benzene rings is 2. The van der Waals surface area contributed by atoms with Crippen LogP contribution in [-0.2, 0) is 22.9 Å². The van der Waals surface area contributed by atoms with Crippen LogP contribution in [0.15, 0.2) is 47.5 Å². The van der Waals surface area contributed by atoms with Gasteiger partial charge in [-0.1, -0.05) is 18.2 Å². The van der Waals surface area contributed by atoms with Gasteiger partial charge in [-0.2, -0.15) is 0 Å². The number of rotatable bonds is 7. The molecule has 1 saturated carbocycles. The fraction of sp³-hybridized carbons (Fsp3) is 0.407. The quantitative estimate of drug-likeness (QED) is 0.482. The summed E-state index contributed by atoms with van der Waals surface area (Å²) in [5.74, 6) is -2.99. The lowest BCUT2D eigenvalue weighted by Gasteiger charge is -2.34. The molecule has 5 rings (SSSR count). The van der Waals surface area contributed by atoms with E-state index in [4.69, 9.17) is 0 Å². The molecule has 0 amide bonds. The Morgan fingerprint density at radius 3 is 2.43 bits per heavy atom. The van der Waals surface area contributed by atoms with Crippen LogP contribution in [0.3, 0.4) is 0 Å². The summed E-state index contributed by atoms with van der Waals surface area (Å²) < 4.78 is 73.4. The van der Waals surface area contributed by atoms with E-state index in [9.17, 15) is 22.0 Å². The summed E-state index contributed by atoms with van der Waals surface area (Å²) in [6.07, 6.45) is 3.53. The van der Waals surface area contributed by atoms with Gasteiger partial charge in [0.1, 0.15) is 17.5 Å². The van der Waals surface area contributed by atoms with E-state index in [1.165, 1.54) is 17.0 Å². The second-order valence-corrected chi connectivity index (χ2v) is 12.2. The van der Waals surface area contributed by atoms with Crippen LogP contribution in [0.5, 0.6) is 0 Å². The molecular weight excluding hydrogens is 503 g/mol. The molecule has 1 N–H and O–H groups in total. The van der Waals surface area contributed by atoms with Gasteiger partial charge in [-0.05, 0) is 69.2 Å². The zero-order valence-electron chi connectivity index (χ0n) is 20.5. The molecule has 10 heteroatoms. The molecule has 196 valence electrons. The maximum Gasteiger partial charge on any atom is 0.257 e. The van der Waals surface area contributed by atoms with Gasteiger partial charge in [0.25, 0.3) is 5.56 Å². The van der Waals surface area contributed by atoms with Gasteiger partial charge in [-0.15, -0.1) is 0 Å². The molecule has 3 aromatic rings. The van der Waals surface area contributed by atoms with E-state index in [1.54, 1.807) is 12.1 Å². The molecular formula is C27H28F3N3O3S. The minimum absolute atomic E-state index is 0.0152. The van der Waals surface area contributed by atoms with Crippen molar-refractivity contribution in [2.24, 2.45) is 0 Å². The third kappa shape index (κ3) is 5.09. The Labute approximate surface area is 213 Å².